The molecule has 138 valence electrons. The number of nitrogens with one attached hydrogen (secondary N) is 1. The number of carboxylic acids is 1. The minimum absolute atomic E-state index is 0.0675. The molecular formula is C19H18F3NO3. The van der Waals surface area contributed by atoms with Crippen LogP contribution in [0.25, 0.3) is 11.1 Å². The maximum atomic E-state index is 12.7. The van der Waals surface area contributed by atoms with Crippen molar-refractivity contribution in [3.8, 4) is 11.1 Å². The first kappa shape index (κ1) is 19.5. The van der Waals surface area contributed by atoms with Gasteiger partial charge >= 0.3 is 12.1 Å². The highest BCUT2D eigenvalue weighted by Crippen LogP contribution is 2.31. The molecule has 0 radical (unpaired) electrons. The minimum atomic E-state index is -4.42. The number of alkyl halides is 3. The van der Waals surface area contributed by atoms with Crippen LogP contribution in [-0.2, 0) is 11.0 Å². The summed E-state index contributed by atoms with van der Waals surface area (Å²) in [7, 11) is 0. The minimum Gasteiger partial charge on any atom is -0.481 e. The maximum absolute atomic E-state index is 12.7. The third kappa shape index (κ3) is 5.08. The molecule has 0 saturated heterocycles. The van der Waals surface area contributed by atoms with Gasteiger partial charge in [0.1, 0.15) is 0 Å². The average Bonchev–Trinajstić information content (AvgIpc) is 2.59. The standard InChI is InChI=1S/C19H18F3NO3/c1-12(6-11-17(24)25)23-18(26)16-5-3-2-4-15(16)13-7-9-14(10-8-13)19(20,21)22/h2-5,7-10,12H,6,11H2,1H3,(H,23,26)(H,24,25). The van der Waals surface area contributed by atoms with Crippen LogP contribution in [0, 0.1) is 0 Å². The van der Waals surface area contributed by atoms with Gasteiger partial charge in [0.2, 0.25) is 0 Å². The van der Waals surface area contributed by atoms with Gasteiger partial charge in [-0.1, -0.05) is 30.3 Å². The number of carboxylic acid groups (broad SMARTS) is 1. The summed E-state index contributed by atoms with van der Waals surface area (Å²) in [5, 5.41) is 11.4. The van der Waals surface area contributed by atoms with E-state index in [-0.39, 0.29) is 18.9 Å². The number of carbonyl (C=O) groups is 2. The highest BCUT2D eigenvalue weighted by atomic mass is 19.4. The largest absolute Gasteiger partial charge is 0.481 e. The Balaban J connectivity index is 2.22. The Morgan fingerprint density at radius 2 is 1.69 bits per heavy atom. The SMILES string of the molecule is CC(CCC(=O)O)NC(=O)c1ccccc1-c1ccc(C(F)(F)F)cc1. The summed E-state index contributed by atoms with van der Waals surface area (Å²) in [6, 6.07) is 10.8. The molecule has 1 atom stereocenters. The number of halogens is 3. The van der Waals surface area contributed by atoms with E-state index in [4.69, 9.17) is 5.11 Å². The number of aliphatic carboxylic acids is 1. The smallest absolute Gasteiger partial charge is 0.416 e. The van der Waals surface area contributed by atoms with Crippen LogP contribution in [0.2, 0.25) is 0 Å². The van der Waals surface area contributed by atoms with Crippen LogP contribution in [0.1, 0.15) is 35.7 Å². The molecule has 0 bridgehead atoms. The highest BCUT2D eigenvalue weighted by molar-refractivity contribution is 6.01. The zero-order valence-electron chi connectivity index (χ0n) is 14.0. The molecule has 2 N–H and O–H groups in total. The van der Waals surface area contributed by atoms with Crippen LogP contribution in [0.4, 0.5) is 13.2 Å². The molecule has 0 spiro atoms. The zero-order chi connectivity index (χ0) is 19.3. The molecule has 0 fully saturated rings. The van der Waals surface area contributed by atoms with Gasteiger partial charge in [-0.3, -0.25) is 9.59 Å². The summed E-state index contributed by atoms with van der Waals surface area (Å²) in [5.41, 5.74) is 0.547. The predicted octanol–water partition coefficient (Wildman–Crippen LogP) is 4.36. The van der Waals surface area contributed by atoms with E-state index < -0.39 is 23.6 Å². The van der Waals surface area contributed by atoms with Crippen molar-refractivity contribution in [1.82, 2.24) is 5.32 Å². The van der Waals surface area contributed by atoms with Gasteiger partial charge in [0, 0.05) is 18.0 Å². The van der Waals surface area contributed by atoms with E-state index in [0.717, 1.165) is 12.1 Å². The highest BCUT2D eigenvalue weighted by Gasteiger charge is 2.30. The van der Waals surface area contributed by atoms with E-state index in [1.807, 2.05) is 0 Å². The van der Waals surface area contributed by atoms with Gasteiger partial charge in [-0.05, 0) is 42.7 Å². The predicted molar refractivity (Wildman–Crippen MR) is 90.7 cm³/mol. The Morgan fingerprint density at radius 3 is 2.27 bits per heavy atom. The zero-order valence-corrected chi connectivity index (χ0v) is 14.0. The molecule has 7 heteroatoms. The molecule has 0 heterocycles. The maximum Gasteiger partial charge on any atom is 0.416 e. The number of hydrogen-bond acceptors (Lipinski definition) is 2. The second kappa shape index (κ2) is 8.03. The Bertz CT molecular complexity index is 785. The van der Waals surface area contributed by atoms with Gasteiger partial charge in [-0.15, -0.1) is 0 Å². The molecule has 2 rings (SSSR count). The lowest BCUT2D eigenvalue weighted by Crippen LogP contribution is -2.33. The van der Waals surface area contributed by atoms with Gasteiger partial charge < -0.3 is 10.4 Å². The summed E-state index contributed by atoms with van der Waals surface area (Å²) in [6.07, 6.45) is -4.21. The summed E-state index contributed by atoms with van der Waals surface area (Å²) < 4.78 is 38.1. The third-order valence-electron chi connectivity index (χ3n) is 3.86. The van der Waals surface area contributed by atoms with E-state index in [1.165, 1.54) is 12.1 Å². The van der Waals surface area contributed by atoms with Crippen molar-refractivity contribution >= 4 is 11.9 Å². The van der Waals surface area contributed by atoms with Gasteiger partial charge in [0.15, 0.2) is 0 Å². The number of rotatable bonds is 6. The van der Waals surface area contributed by atoms with Crippen LogP contribution < -0.4 is 5.32 Å². The second-order valence-electron chi connectivity index (χ2n) is 5.93. The molecule has 1 amide bonds. The summed E-state index contributed by atoms with van der Waals surface area (Å²) in [6.45, 7) is 1.70. The molecule has 0 aromatic heterocycles. The number of benzene rings is 2. The van der Waals surface area contributed by atoms with Crippen molar-refractivity contribution in [1.29, 1.82) is 0 Å². The van der Waals surface area contributed by atoms with Gasteiger partial charge in [-0.25, -0.2) is 0 Å². The first-order chi connectivity index (χ1) is 12.2. The monoisotopic (exact) mass is 365 g/mol. The second-order valence-corrected chi connectivity index (χ2v) is 5.93. The fourth-order valence-electron chi connectivity index (χ4n) is 2.49. The quantitative estimate of drug-likeness (QED) is 0.800. The van der Waals surface area contributed by atoms with Crippen molar-refractivity contribution in [2.75, 3.05) is 0 Å². The summed E-state index contributed by atoms with van der Waals surface area (Å²) in [4.78, 5) is 23.1. The van der Waals surface area contributed by atoms with E-state index in [2.05, 4.69) is 5.32 Å². The molecule has 2 aromatic carbocycles. The van der Waals surface area contributed by atoms with Crippen LogP contribution in [-0.4, -0.2) is 23.0 Å². The van der Waals surface area contributed by atoms with E-state index in [9.17, 15) is 22.8 Å². The van der Waals surface area contributed by atoms with Crippen LogP contribution >= 0.6 is 0 Å². The molecule has 4 nitrogen and oxygen atoms in total. The Hall–Kier alpha value is -2.83. The van der Waals surface area contributed by atoms with Crippen LogP contribution in [0.3, 0.4) is 0 Å². The van der Waals surface area contributed by atoms with Crippen LogP contribution in [0.5, 0.6) is 0 Å². The normalized spacial score (nSPS) is 12.5. The number of carbonyl (C=O) groups excluding carboxylic acids is 1. The van der Waals surface area contributed by atoms with E-state index in [1.54, 1.807) is 31.2 Å². The van der Waals surface area contributed by atoms with Crippen molar-refractivity contribution in [2.24, 2.45) is 0 Å². The van der Waals surface area contributed by atoms with Crippen molar-refractivity contribution in [3.05, 3.63) is 59.7 Å². The molecule has 1 unspecified atom stereocenters. The first-order valence-corrected chi connectivity index (χ1v) is 7.98. The first-order valence-electron chi connectivity index (χ1n) is 7.98. The molecular weight excluding hydrogens is 347 g/mol. The van der Waals surface area contributed by atoms with E-state index >= 15 is 0 Å². The molecule has 0 aliphatic rings. The molecule has 2 aromatic rings. The molecule has 0 saturated carbocycles. The molecule has 0 aliphatic carbocycles. The Morgan fingerprint density at radius 1 is 1.08 bits per heavy atom. The molecule has 0 aliphatic heterocycles. The summed E-state index contributed by atoms with van der Waals surface area (Å²) in [5.74, 6) is -1.35. The fourth-order valence-corrected chi connectivity index (χ4v) is 2.49. The Kier molecular flexibility index (Phi) is 6.02. The van der Waals surface area contributed by atoms with Crippen molar-refractivity contribution in [2.45, 2.75) is 32.0 Å². The van der Waals surface area contributed by atoms with Crippen LogP contribution in [0.15, 0.2) is 48.5 Å². The number of amides is 1. The Labute approximate surface area is 148 Å². The summed E-state index contributed by atoms with van der Waals surface area (Å²) >= 11 is 0. The average molecular weight is 365 g/mol. The van der Waals surface area contributed by atoms with Gasteiger partial charge in [0.25, 0.3) is 5.91 Å². The number of hydrogen-bond donors (Lipinski definition) is 2. The van der Waals surface area contributed by atoms with Gasteiger partial charge in [0.05, 0.1) is 5.56 Å². The lowest BCUT2D eigenvalue weighted by Gasteiger charge is -2.15. The molecule has 26 heavy (non-hydrogen) atoms. The third-order valence-corrected chi connectivity index (χ3v) is 3.86. The lowest BCUT2D eigenvalue weighted by molar-refractivity contribution is -0.138. The van der Waals surface area contributed by atoms with Gasteiger partial charge in [-0.2, -0.15) is 13.2 Å². The van der Waals surface area contributed by atoms with E-state index in [0.29, 0.717) is 16.7 Å². The van der Waals surface area contributed by atoms with Crippen molar-refractivity contribution < 1.29 is 27.9 Å². The lowest BCUT2D eigenvalue weighted by atomic mass is 9.98. The van der Waals surface area contributed by atoms with Crippen molar-refractivity contribution in [3.63, 3.8) is 0 Å². The topological polar surface area (TPSA) is 66.4 Å². The fraction of sp³-hybridized carbons (Fsp3) is 0.263.